The highest BCUT2D eigenvalue weighted by atomic mass is 32.2. The van der Waals surface area contributed by atoms with Crippen LogP contribution in [0, 0.1) is 0 Å². The molecular weight excluding hydrogens is 432 g/mol. The number of carbonyl (C=O) groups excluding carboxylic acids is 1. The Labute approximate surface area is 185 Å². The summed E-state index contributed by atoms with van der Waals surface area (Å²) in [5.41, 5.74) is 4.11. The van der Waals surface area contributed by atoms with Gasteiger partial charge in [-0.2, -0.15) is 0 Å². The molecule has 2 aliphatic heterocycles. The predicted molar refractivity (Wildman–Crippen MR) is 125 cm³/mol. The summed E-state index contributed by atoms with van der Waals surface area (Å²) in [5.74, 6) is 1.56. The van der Waals surface area contributed by atoms with Crippen molar-refractivity contribution in [2.75, 3.05) is 29.4 Å². The van der Waals surface area contributed by atoms with E-state index in [1.807, 2.05) is 48.0 Å². The molecule has 0 unspecified atom stereocenters. The maximum absolute atomic E-state index is 13.3. The van der Waals surface area contributed by atoms with Gasteiger partial charge in [-0.3, -0.25) is 9.10 Å². The summed E-state index contributed by atoms with van der Waals surface area (Å²) in [4.78, 5) is 19.8. The molecule has 3 heterocycles. The van der Waals surface area contributed by atoms with Gasteiger partial charge in [0.25, 0.3) is 5.91 Å². The molecule has 9 heteroatoms. The first-order valence-electron chi connectivity index (χ1n) is 10.0. The van der Waals surface area contributed by atoms with Gasteiger partial charge < -0.3 is 9.47 Å². The Hall–Kier alpha value is -2.78. The second-order valence-corrected chi connectivity index (χ2v) is 10.8. The van der Waals surface area contributed by atoms with Crippen molar-refractivity contribution < 1.29 is 13.2 Å². The minimum Gasteiger partial charge on any atom is -0.328 e. The van der Waals surface area contributed by atoms with Crippen molar-refractivity contribution in [3.05, 3.63) is 64.4 Å². The molecule has 3 aromatic rings. The highest BCUT2D eigenvalue weighted by molar-refractivity contribution is 8.03. The average molecular weight is 455 g/mol. The van der Waals surface area contributed by atoms with Crippen LogP contribution in [0.5, 0.6) is 0 Å². The van der Waals surface area contributed by atoms with E-state index in [4.69, 9.17) is 4.98 Å². The van der Waals surface area contributed by atoms with Crippen LogP contribution in [0.1, 0.15) is 21.7 Å². The molecule has 0 N–H and O–H groups in total. The number of fused-ring (bicyclic) bond motifs is 2. The van der Waals surface area contributed by atoms with Crippen LogP contribution in [0.15, 0.2) is 47.5 Å². The summed E-state index contributed by atoms with van der Waals surface area (Å²) in [6, 6.07) is 13.3. The zero-order valence-electron chi connectivity index (χ0n) is 17.3. The molecule has 0 saturated carbocycles. The number of thioether (sulfide) groups is 1. The van der Waals surface area contributed by atoms with E-state index in [0.717, 1.165) is 33.2 Å². The highest BCUT2D eigenvalue weighted by Crippen LogP contribution is 2.34. The fourth-order valence-corrected chi connectivity index (χ4v) is 6.12. The molecule has 160 valence electrons. The fourth-order valence-electron chi connectivity index (χ4n) is 4.16. The lowest BCUT2D eigenvalue weighted by Crippen LogP contribution is -2.28. The Bertz CT molecular complexity index is 1340. The third-order valence-corrected chi connectivity index (χ3v) is 7.93. The van der Waals surface area contributed by atoms with Gasteiger partial charge >= 0.3 is 0 Å². The van der Waals surface area contributed by atoms with Gasteiger partial charge in [0.15, 0.2) is 0 Å². The first kappa shape index (κ1) is 20.1. The van der Waals surface area contributed by atoms with Crippen molar-refractivity contribution in [2.24, 2.45) is 7.05 Å². The Morgan fingerprint density at radius 1 is 1.16 bits per heavy atom. The van der Waals surface area contributed by atoms with Crippen LogP contribution >= 0.6 is 11.8 Å². The zero-order chi connectivity index (χ0) is 21.8. The number of imidazole rings is 1. The number of anilines is 1. The number of sulfonamides is 1. The normalized spacial score (nSPS) is 17.7. The van der Waals surface area contributed by atoms with Gasteiger partial charge in [-0.05, 0) is 42.3 Å². The molecule has 1 amide bonds. The lowest BCUT2D eigenvalue weighted by molar-refractivity contribution is 0.0831. The van der Waals surface area contributed by atoms with Crippen molar-refractivity contribution in [2.45, 2.75) is 6.42 Å². The van der Waals surface area contributed by atoms with E-state index in [-0.39, 0.29) is 5.91 Å². The van der Waals surface area contributed by atoms with Crippen LogP contribution in [0.4, 0.5) is 5.69 Å². The van der Waals surface area contributed by atoms with Gasteiger partial charge in [-0.25, -0.2) is 13.4 Å². The fraction of sp³-hybridized carbons (Fsp3) is 0.273. The molecule has 1 fully saturated rings. The van der Waals surface area contributed by atoms with E-state index in [0.29, 0.717) is 30.8 Å². The Morgan fingerprint density at radius 2 is 1.97 bits per heavy atom. The second-order valence-electron chi connectivity index (χ2n) is 7.73. The van der Waals surface area contributed by atoms with Gasteiger partial charge in [-0.15, -0.1) is 11.8 Å². The summed E-state index contributed by atoms with van der Waals surface area (Å²) in [6.07, 6.45) is 3.79. The number of benzene rings is 2. The van der Waals surface area contributed by atoms with E-state index in [1.54, 1.807) is 28.8 Å². The van der Waals surface area contributed by atoms with Crippen molar-refractivity contribution in [3.8, 4) is 0 Å². The Morgan fingerprint density at radius 3 is 2.74 bits per heavy atom. The van der Waals surface area contributed by atoms with Gasteiger partial charge in [0.1, 0.15) is 5.82 Å². The molecule has 31 heavy (non-hydrogen) atoms. The molecule has 1 saturated heterocycles. The molecule has 7 nitrogen and oxygen atoms in total. The molecule has 0 radical (unpaired) electrons. The summed E-state index contributed by atoms with van der Waals surface area (Å²) in [7, 11) is -1.33. The molecule has 0 aliphatic carbocycles. The molecule has 2 aliphatic rings. The number of carbonyl (C=O) groups is 1. The number of hydrogen-bond acceptors (Lipinski definition) is 5. The number of hydrogen-bond donors (Lipinski definition) is 0. The van der Waals surface area contributed by atoms with Crippen LogP contribution in [-0.4, -0.2) is 53.9 Å². The summed E-state index contributed by atoms with van der Waals surface area (Å²) in [6.45, 7) is 1.05. The van der Waals surface area contributed by atoms with E-state index in [9.17, 15) is 13.2 Å². The number of aromatic nitrogens is 2. The van der Waals surface area contributed by atoms with Crippen LogP contribution in [0.25, 0.3) is 17.1 Å². The molecule has 0 atom stereocenters. The molecule has 0 spiro atoms. The van der Waals surface area contributed by atoms with Crippen molar-refractivity contribution >= 4 is 50.5 Å². The maximum Gasteiger partial charge on any atom is 0.258 e. The summed E-state index contributed by atoms with van der Waals surface area (Å²) < 4.78 is 27.4. The van der Waals surface area contributed by atoms with E-state index < -0.39 is 10.0 Å². The minimum atomic E-state index is -3.31. The molecular formula is C22H22N4O3S2. The lowest BCUT2D eigenvalue weighted by Gasteiger charge is -2.19. The Balaban J connectivity index is 1.45. The first-order chi connectivity index (χ1) is 14.8. The monoisotopic (exact) mass is 454 g/mol. The van der Waals surface area contributed by atoms with Crippen LogP contribution < -0.4 is 4.31 Å². The summed E-state index contributed by atoms with van der Waals surface area (Å²) >= 11 is 1.64. The van der Waals surface area contributed by atoms with Crippen molar-refractivity contribution in [1.29, 1.82) is 0 Å². The number of amides is 1. The quantitative estimate of drug-likeness (QED) is 0.608. The summed E-state index contributed by atoms with van der Waals surface area (Å²) in [5, 5.41) is 0.877. The predicted octanol–water partition coefficient (Wildman–Crippen LogP) is 3.08. The number of nitrogens with zero attached hydrogens (tertiary/aromatic N) is 4. The van der Waals surface area contributed by atoms with Crippen LogP contribution in [0.2, 0.25) is 0 Å². The van der Waals surface area contributed by atoms with Crippen molar-refractivity contribution in [3.63, 3.8) is 0 Å². The third kappa shape index (κ3) is 3.51. The van der Waals surface area contributed by atoms with Gasteiger partial charge in [0.05, 0.1) is 28.0 Å². The average Bonchev–Trinajstić information content (AvgIpc) is 3.45. The van der Waals surface area contributed by atoms with E-state index >= 15 is 0 Å². The third-order valence-electron chi connectivity index (χ3n) is 5.73. The highest BCUT2D eigenvalue weighted by Gasteiger charge is 2.30. The Kier molecular flexibility index (Phi) is 4.82. The van der Waals surface area contributed by atoms with Crippen LogP contribution in [-0.2, 0) is 23.5 Å². The maximum atomic E-state index is 13.3. The minimum absolute atomic E-state index is 0.0735. The van der Waals surface area contributed by atoms with E-state index in [2.05, 4.69) is 0 Å². The van der Waals surface area contributed by atoms with Gasteiger partial charge in [0.2, 0.25) is 10.0 Å². The SMILES string of the molecule is Cn1c(/C=C2/SCCN2C(=O)c2ccc3c(c2)CCN3S(C)(=O)=O)nc2ccccc21. The van der Waals surface area contributed by atoms with E-state index in [1.165, 1.54) is 10.6 Å². The number of para-hydroxylation sites is 2. The van der Waals surface area contributed by atoms with Gasteiger partial charge in [-0.1, -0.05) is 12.1 Å². The molecule has 0 bridgehead atoms. The largest absolute Gasteiger partial charge is 0.328 e. The standard InChI is InChI=1S/C22H22N4O3S2/c1-24-19-6-4-3-5-17(19)23-20(24)14-21-25(11-12-30-21)22(27)16-7-8-18-15(13-16)9-10-26(18)31(2,28)29/h3-8,13-14H,9-12H2,1-2H3/b21-14+. The number of rotatable bonds is 3. The molecule has 1 aromatic heterocycles. The van der Waals surface area contributed by atoms with Crippen molar-refractivity contribution in [1.82, 2.24) is 14.5 Å². The molecule has 2 aromatic carbocycles. The topological polar surface area (TPSA) is 75.5 Å². The first-order valence-corrected chi connectivity index (χ1v) is 12.8. The second kappa shape index (κ2) is 7.42. The lowest BCUT2D eigenvalue weighted by atomic mass is 10.1. The smallest absolute Gasteiger partial charge is 0.258 e. The molecule has 5 rings (SSSR count). The number of aryl methyl sites for hydroxylation is 1. The van der Waals surface area contributed by atoms with Gasteiger partial charge in [0, 0.05) is 37.5 Å². The van der Waals surface area contributed by atoms with Crippen LogP contribution in [0.3, 0.4) is 0 Å². The zero-order valence-corrected chi connectivity index (χ0v) is 18.9.